The maximum Gasteiger partial charge on any atom is 0.0722 e. The minimum Gasteiger partial charge on any atom is -0.397 e. The summed E-state index contributed by atoms with van der Waals surface area (Å²) in [4.78, 5) is 5.39. The summed E-state index contributed by atoms with van der Waals surface area (Å²) in [6, 6.07) is 10.1. The number of aliphatic hydroxyl groups is 2. The lowest BCUT2D eigenvalue weighted by molar-refractivity contribution is 0.281. The van der Waals surface area contributed by atoms with Crippen molar-refractivity contribution < 1.29 is 10.2 Å². The summed E-state index contributed by atoms with van der Waals surface area (Å²) in [6.45, 7) is 2.98. The number of aromatic amines is 1. The minimum absolute atomic E-state index is 0.0350. The normalized spacial score (nSPS) is 11.4. The maximum absolute atomic E-state index is 9.33. The molecule has 3 rings (SSSR count). The summed E-state index contributed by atoms with van der Waals surface area (Å²) in [7, 11) is 0. The minimum atomic E-state index is 0.0350. The lowest BCUT2D eigenvalue weighted by Gasteiger charge is -2.25. The Bertz CT molecular complexity index is 804. The Morgan fingerprint density at radius 3 is 2.50 bits per heavy atom. The largest absolute Gasteiger partial charge is 0.397 e. The number of nitrogens with two attached hydrogens (primary N) is 1. The van der Waals surface area contributed by atoms with Crippen LogP contribution < -0.4 is 10.6 Å². The van der Waals surface area contributed by atoms with E-state index in [9.17, 15) is 10.2 Å². The van der Waals surface area contributed by atoms with E-state index in [0.29, 0.717) is 13.1 Å². The molecule has 5 heteroatoms. The Labute approximate surface area is 129 Å². The second kappa shape index (κ2) is 5.87. The van der Waals surface area contributed by atoms with E-state index in [2.05, 4.69) is 11.1 Å². The number of aliphatic hydroxyl groups excluding tert-OH is 2. The third-order valence-electron chi connectivity index (χ3n) is 4.09. The van der Waals surface area contributed by atoms with Gasteiger partial charge in [-0.25, -0.2) is 0 Å². The van der Waals surface area contributed by atoms with Crippen LogP contribution in [0.1, 0.15) is 5.56 Å². The van der Waals surface area contributed by atoms with Crippen molar-refractivity contribution in [3.8, 4) is 0 Å². The average molecular weight is 299 g/mol. The molecule has 0 aliphatic heterocycles. The van der Waals surface area contributed by atoms with Crippen molar-refractivity contribution in [2.45, 2.75) is 6.92 Å². The summed E-state index contributed by atoms with van der Waals surface area (Å²) < 4.78 is 0. The van der Waals surface area contributed by atoms with Gasteiger partial charge < -0.3 is 25.8 Å². The number of nitrogens with one attached hydrogen (secondary N) is 1. The van der Waals surface area contributed by atoms with Gasteiger partial charge in [0, 0.05) is 35.1 Å². The van der Waals surface area contributed by atoms with Gasteiger partial charge in [0.25, 0.3) is 0 Å². The number of benzene rings is 2. The number of aryl methyl sites for hydroxylation is 1. The van der Waals surface area contributed by atoms with Gasteiger partial charge >= 0.3 is 0 Å². The van der Waals surface area contributed by atoms with Gasteiger partial charge in [0.05, 0.1) is 24.4 Å². The summed E-state index contributed by atoms with van der Waals surface area (Å²) >= 11 is 0. The van der Waals surface area contributed by atoms with Crippen molar-refractivity contribution in [2.24, 2.45) is 0 Å². The molecule has 5 nitrogen and oxygen atoms in total. The van der Waals surface area contributed by atoms with Crippen LogP contribution in [0.3, 0.4) is 0 Å². The molecule has 0 unspecified atom stereocenters. The Morgan fingerprint density at radius 1 is 1.14 bits per heavy atom. The van der Waals surface area contributed by atoms with Gasteiger partial charge in [0.2, 0.25) is 0 Å². The Balaban J connectivity index is 2.34. The third-order valence-corrected chi connectivity index (χ3v) is 4.09. The van der Waals surface area contributed by atoms with Gasteiger partial charge in [0.15, 0.2) is 0 Å². The summed E-state index contributed by atoms with van der Waals surface area (Å²) in [5, 5.41) is 20.8. The van der Waals surface area contributed by atoms with Gasteiger partial charge in [-0.3, -0.25) is 0 Å². The van der Waals surface area contributed by atoms with Crippen LogP contribution in [0.15, 0.2) is 30.3 Å². The van der Waals surface area contributed by atoms with Crippen LogP contribution >= 0.6 is 0 Å². The fourth-order valence-electron chi connectivity index (χ4n) is 3.01. The molecule has 0 bridgehead atoms. The number of para-hydroxylation sites is 1. The molecule has 1 aromatic heterocycles. The SMILES string of the molecule is Cc1cc(N(CCO)CCO)c2c([nH]c3ccccc32)c1N. The molecule has 1 heterocycles. The molecular weight excluding hydrogens is 278 g/mol. The van der Waals surface area contributed by atoms with Crippen LogP contribution in [-0.2, 0) is 0 Å². The predicted octanol–water partition coefficient (Wildman–Crippen LogP) is 2.00. The van der Waals surface area contributed by atoms with Crippen molar-refractivity contribution in [3.05, 3.63) is 35.9 Å². The predicted molar refractivity (Wildman–Crippen MR) is 91.3 cm³/mol. The quantitative estimate of drug-likeness (QED) is 0.543. The van der Waals surface area contributed by atoms with Gasteiger partial charge in [-0.05, 0) is 24.6 Å². The number of anilines is 2. The molecule has 0 spiro atoms. The second-order valence-corrected chi connectivity index (χ2v) is 5.48. The molecule has 0 saturated carbocycles. The van der Waals surface area contributed by atoms with Crippen molar-refractivity contribution in [1.82, 2.24) is 4.98 Å². The first-order chi connectivity index (χ1) is 10.7. The molecule has 3 aromatic rings. The molecule has 5 N–H and O–H groups in total. The smallest absolute Gasteiger partial charge is 0.0722 e. The van der Waals surface area contributed by atoms with Crippen molar-refractivity contribution in [1.29, 1.82) is 0 Å². The van der Waals surface area contributed by atoms with Crippen LogP contribution in [0, 0.1) is 6.92 Å². The number of rotatable bonds is 5. The number of hydrogen-bond donors (Lipinski definition) is 4. The van der Waals surface area contributed by atoms with Crippen molar-refractivity contribution >= 4 is 33.2 Å². The molecule has 0 radical (unpaired) electrons. The van der Waals surface area contributed by atoms with E-state index in [-0.39, 0.29) is 13.2 Å². The van der Waals surface area contributed by atoms with Gasteiger partial charge in [0.1, 0.15) is 0 Å². The standard InChI is InChI=1S/C17H21N3O2/c1-11-10-14(20(6-8-21)7-9-22)15-12-4-2-3-5-13(12)19-17(15)16(11)18/h2-5,10,19,21-22H,6-9,18H2,1H3. The van der Waals surface area contributed by atoms with E-state index in [4.69, 9.17) is 5.73 Å². The molecule has 0 saturated heterocycles. The zero-order chi connectivity index (χ0) is 15.7. The number of hydrogen-bond acceptors (Lipinski definition) is 4. The van der Waals surface area contributed by atoms with E-state index in [0.717, 1.165) is 38.7 Å². The molecule has 0 aliphatic carbocycles. The first kappa shape index (κ1) is 14.7. The summed E-state index contributed by atoms with van der Waals surface area (Å²) in [5.41, 5.74) is 10.9. The Morgan fingerprint density at radius 2 is 1.82 bits per heavy atom. The zero-order valence-electron chi connectivity index (χ0n) is 12.6. The summed E-state index contributed by atoms with van der Waals surface area (Å²) in [6.07, 6.45) is 0. The number of nitrogen functional groups attached to an aromatic ring is 1. The van der Waals surface area contributed by atoms with Crippen molar-refractivity contribution in [3.63, 3.8) is 0 Å². The Kier molecular flexibility index (Phi) is 3.92. The van der Waals surface area contributed by atoms with E-state index >= 15 is 0 Å². The molecular formula is C17H21N3O2. The lowest BCUT2D eigenvalue weighted by Crippen LogP contribution is -2.29. The highest BCUT2D eigenvalue weighted by atomic mass is 16.3. The molecule has 116 valence electrons. The average Bonchev–Trinajstić information content (AvgIpc) is 2.90. The van der Waals surface area contributed by atoms with Crippen molar-refractivity contribution in [2.75, 3.05) is 36.9 Å². The first-order valence-electron chi connectivity index (χ1n) is 7.43. The monoisotopic (exact) mass is 299 g/mol. The molecule has 22 heavy (non-hydrogen) atoms. The fourth-order valence-corrected chi connectivity index (χ4v) is 3.01. The van der Waals surface area contributed by atoms with E-state index < -0.39 is 0 Å². The highest BCUT2D eigenvalue weighted by Crippen LogP contribution is 2.38. The number of aromatic nitrogens is 1. The van der Waals surface area contributed by atoms with E-state index in [1.54, 1.807) is 0 Å². The van der Waals surface area contributed by atoms with Crippen LogP contribution in [0.2, 0.25) is 0 Å². The van der Waals surface area contributed by atoms with Crippen LogP contribution in [0.4, 0.5) is 11.4 Å². The van der Waals surface area contributed by atoms with Gasteiger partial charge in [-0.1, -0.05) is 18.2 Å². The van der Waals surface area contributed by atoms with Crippen LogP contribution in [-0.4, -0.2) is 41.5 Å². The van der Waals surface area contributed by atoms with Gasteiger partial charge in [-0.15, -0.1) is 0 Å². The highest BCUT2D eigenvalue weighted by Gasteiger charge is 2.17. The molecule has 0 fully saturated rings. The highest BCUT2D eigenvalue weighted by molar-refractivity contribution is 6.17. The second-order valence-electron chi connectivity index (χ2n) is 5.48. The number of H-pyrrole nitrogens is 1. The fraction of sp³-hybridized carbons (Fsp3) is 0.294. The van der Waals surface area contributed by atoms with Gasteiger partial charge in [-0.2, -0.15) is 0 Å². The zero-order valence-corrected chi connectivity index (χ0v) is 12.6. The van der Waals surface area contributed by atoms with E-state index in [1.807, 2.05) is 36.1 Å². The maximum atomic E-state index is 9.33. The molecule has 0 amide bonds. The Hall–Kier alpha value is -2.24. The van der Waals surface area contributed by atoms with Crippen LogP contribution in [0.25, 0.3) is 21.8 Å². The number of fused-ring (bicyclic) bond motifs is 3. The number of nitrogens with zero attached hydrogens (tertiary/aromatic N) is 1. The first-order valence-corrected chi connectivity index (χ1v) is 7.43. The molecule has 0 aliphatic rings. The summed E-state index contributed by atoms with van der Waals surface area (Å²) in [5.74, 6) is 0. The molecule has 2 aromatic carbocycles. The van der Waals surface area contributed by atoms with Crippen LogP contribution in [0.5, 0.6) is 0 Å². The molecule has 0 atom stereocenters. The lowest BCUT2D eigenvalue weighted by atomic mass is 10.0. The van der Waals surface area contributed by atoms with E-state index in [1.165, 1.54) is 0 Å². The third kappa shape index (κ3) is 2.28. The topological polar surface area (TPSA) is 85.5 Å².